The average molecular weight is 240 g/mol. The number of nitrogens with zero attached hydrogens (tertiary/aromatic N) is 3. The van der Waals surface area contributed by atoms with Gasteiger partial charge in [-0.1, -0.05) is 23.2 Å². The quantitative estimate of drug-likeness (QED) is 0.768. The number of aromatic nitrogens is 2. The maximum atomic E-state index is 8.62. The van der Waals surface area contributed by atoms with Crippen molar-refractivity contribution in [2.24, 2.45) is 7.05 Å². The summed E-state index contributed by atoms with van der Waals surface area (Å²) in [5, 5.41) is 9.60. The van der Waals surface area contributed by atoms with Gasteiger partial charge in [0.25, 0.3) is 0 Å². The molecule has 0 N–H and O–H groups in total. The van der Waals surface area contributed by atoms with Gasteiger partial charge in [-0.3, -0.25) is 0 Å². The van der Waals surface area contributed by atoms with Gasteiger partial charge < -0.3 is 4.57 Å². The van der Waals surface area contributed by atoms with Gasteiger partial charge in [-0.2, -0.15) is 5.26 Å². The fraction of sp³-hybridized carbons (Fsp3) is 0.200. The molecule has 0 radical (unpaired) electrons. The zero-order chi connectivity index (χ0) is 11.0. The van der Waals surface area contributed by atoms with Crippen LogP contribution in [0.2, 0.25) is 10.0 Å². The SMILES string of the molecule is Cn1c(CC#N)nc2cc(Cl)c(Cl)cc21. The first-order chi connectivity index (χ1) is 7.13. The summed E-state index contributed by atoms with van der Waals surface area (Å²) in [4.78, 5) is 4.30. The Hall–Kier alpha value is -1.24. The van der Waals surface area contributed by atoms with Gasteiger partial charge in [-0.05, 0) is 12.1 Å². The topological polar surface area (TPSA) is 41.6 Å². The Labute approximate surface area is 96.8 Å². The predicted octanol–water partition coefficient (Wildman–Crippen LogP) is 2.95. The molecule has 15 heavy (non-hydrogen) atoms. The lowest BCUT2D eigenvalue weighted by Gasteiger charge is -1.98. The zero-order valence-corrected chi connectivity index (χ0v) is 9.47. The normalized spacial score (nSPS) is 10.5. The molecule has 5 heteroatoms. The van der Waals surface area contributed by atoms with Crippen molar-refractivity contribution in [1.29, 1.82) is 5.26 Å². The zero-order valence-electron chi connectivity index (χ0n) is 7.96. The average Bonchev–Trinajstić information content (AvgIpc) is 2.47. The smallest absolute Gasteiger partial charge is 0.123 e. The molecule has 0 spiro atoms. The molecule has 0 amide bonds. The van der Waals surface area contributed by atoms with Crippen molar-refractivity contribution in [2.45, 2.75) is 6.42 Å². The molecule has 0 aliphatic heterocycles. The van der Waals surface area contributed by atoms with E-state index in [1.165, 1.54) is 0 Å². The highest BCUT2D eigenvalue weighted by molar-refractivity contribution is 6.42. The van der Waals surface area contributed by atoms with Crippen molar-refractivity contribution >= 4 is 34.2 Å². The molecule has 1 heterocycles. The number of fused-ring (bicyclic) bond motifs is 1. The minimum Gasteiger partial charge on any atom is -0.330 e. The third-order valence-electron chi connectivity index (χ3n) is 2.25. The highest BCUT2D eigenvalue weighted by atomic mass is 35.5. The number of aryl methyl sites for hydroxylation is 1. The number of rotatable bonds is 1. The van der Waals surface area contributed by atoms with Crippen molar-refractivity contribution in [3.05, 3.63) is 28.0 Å². The van der Waals surface area contributed by atoms with Gasteiger partial charge >= 0.3 is 0 Å². The maximum Gasteiger partial charge on any atom is 0.123 e. The summed E-state index contributed by atoms with van der Waals surface area (Å²) in [6.45, 7) is 0. The van der Waals surface area contributed by atoms with E-state index in [-0.39, 0.29) is 6.42 Å². The second-order valence-corrected chi connectivity index (χ2v) is 3.99. The maximum absolute atomic E-state index is 8.62. The lowest BCUT2D eigenvalue weighted by molar-refractivity contribution is 0.857. The van der Waals surface area contributed by atoms with E-state index in [2.05, 4.69) is 11.1 Å². The van der Waals surface area contributed by atoms with Crippen molar-refractivity contribution in [1.82, 2.24) is 9.55 Å². The van der Waals surface area contributed by atoms with E-state index in [1.54, 1.807) is 12.1 Å². The van der Waals surface area contributed by atoms with E-state index in [0.29, 0.717) is 15.9 Å². The Morgan fingerprint density at radius 2 is 2.07 bits per heavy atom. The second-order valence-electron chi connectivity index (χ2n) is 3.18. The van der Waals surface area contributed by atoms with Gasteiger partial charge in [0.2, 0.25) is 0 Å². The largest absolute Gasteiger partial charge is 0.330 e. The first-order valence-electron chi connectivity index (χ1n) is 4.31. The monoisotopic (exact) mass is 239 g/mol. The van der Waals surface area contributed by atoms with Crippen LogP contribution in [0.5, 0.6) is 0 Å². The van der Waals surface area contributed by atoms with E-state index in [9.17, 15) is 0 Å². The van der Waals surface area contributed by atoms with Gasteiger partial charge in [0.1, 0.15) is 5.82 Å². The van der Waals surface area contributed by atoms with E-state index in [0.717, 1.165) is 11.0 Å². The van der Waals surface area contributed by atoms with Crippen LogP contribution < -0.4 is 0 Å². The molecule has 2 rings (SSSR count). The fourth-order valence-corrected chi connectivity index (χ4v) is 1.78. The van der Waals surface area contributed by atoms with Gasteiger partial charge in [-0.15, -0.1) is 0 Å². The number of benzene rings is 1. The van der Waals surface area contributed by atoms with E-state index >= 15 is 0 Å². The Balaban J connectivity index is 2.72. The molecule has 1 aromatic carbocycles. The summed E-state index contributed by atoms with van der Waals surface area (Å²) in [6.07, 6.45) is 0.278. The molecular formula is C10H7Cl2N3. The first kappa shape index (κ1) is 10.3. The van der Waals surface area contributed by atoms with E-state index < -0.39 is 0 Å². The van der Waals surface area contributed by atoms with Gasteiger partial charge in [0, 0.05) is 7.05 Å². The fourth-order valence-electron chi connectivity index (χ4n) is 1.47. The van der Waals surface area contributed by atoms with Crippen LogP contribution in [0.15, 0.2) is 12.1 Å². The lowest BCUT2D eigenvalue weighted by atomic mass is 10.3. The highest BCUT2D eigenvalue weighted by Gasteiger charge is 2.09. The Morgan fingerprint density at radius 1 is 1.40 bits per heavy atom. The molecule has 0 atom stereocenters. The summed E-state index contributed by atoms with van der Waals surface area (Å²) in [6, 6.07) is 5.53. The Bertz CT molecular complexity index is 566. The van der Waals surface area contributed by atoms with Crippen LogP contribution >= 0.6 is 23.2 Å². The summed E-state index contributed by atoms with van der Waals surface area (Å²) < 4.78 is 1.85. The number of hydrogen-bond acceptors (Lipinski definition) is 2. The van der Waals surface area contributed by atoms with Crippen LogP contribution in [0.3, 0.4) is 0 Å². The molecule has 0 saturated carbocycles. The van der Waals surface area contributed by atoms with Crippen LogP contribution in [-0.2, 0) is 13.5 Å². The van der Waals surface area contributed by atoms with Crippen LogP contribution in [-0.4, -0.2) is 9.55 Å². The molecule has 0 saturated heterocycles. The summed E-state index contributed by atoms with van der Waals surface area (Å²) in [7, 11) is 1.85. The van der Waals surface area contributed by atoms with Crippen molar-refractivity contribution < 1.29 is 0 Å². The molecule has 0 fully saturated rings. The molecule has 0 aliphatic carbocycles. The van der Waals surface area contributed by atoms with Gasteiger partial charge in [0.15, 0.2) is 0 Å². The number of hydrogen-bond donors (Lipinski definition) is 0. The van der Waals surface area contributed by atoms with Crippen LogP contribution in [0.25, 0.3) is 11.0 Å². The molecule has 0 aliphatic rings. The third kappa shape index (κ3) is 1.67. The van der Waals surface area contributed by atoms with Gasteiger partial charge in [0.05, 0.1) is 33.6 Å². The van der Waals surface area contributed by atoms with E-state index in [4.69, 9.17) is 28.5 Å². The van der Waals surface area contributed by atoms with Crippen LogP contribution in [0, 0.1) is 11.3 Å². The third-order valence-corrected chi connectivity index (χ3v) is 2.97. The number of nitriles is 1. The molecule has 76 valence electrons. The number of halogens is 2. The predicted molar refractivity (Wildman–Crippen MR) is 60.1 cm³/mol. The van der Waals surface area contributed by atoms with Crippen molar-refractivity contribution in [3.63, 3.8) is 0 Å². The van der Waals surface area contributed by atoms with Gasteiger partial charge in [-0.25, -0.2) is 4.98 Å². The molecule has 0 bridgehead atoms. The Kier molecular flexibility index (Phi) is 2.56. The lowest BCUT2D eigenvalue weighted by Crippen LogP contribution is -1.95. The molecule has 0 unspecified atom stereocenters. The second kappa shape index (κ2) is 3.73. The number of imidazole rings is 1. The minimum atomic E-state index is 0.278. The molecular weight excluding hydrogens is 233 g/mol. The minimum absolute atomic E-state index is 0.278. The first-order valence-corrected chi connectivity index (χ1v) is 5.06. The molecule has 2 aromatic rings. The molecule has 1 aromatic heterocycles. The summed E-state index contributed by atoms with van der Waals surface area (Å²) in [5.74, 6) is 0.714. The summed E-state index contributed by atoms with van der Waals surface area (Å²) in [5.41, 5.74) is 1.65. The summed E-state index contributed by atoms with van der Waals surface area (Å²) >= 11 is 11.8. The van der Waals surface area contributed by atoms with Crippen LogP contribution in [0.4, 0.5) is 0 Å². The van der Waals surface area contributed by atoms with Crippen molar-refractivity contribution in [3.8, 4) is 6.07 Å². The van der Waals surface area contributed by atoms with E-state index in [1.807, 2.05) is 11.6 Å². The molecule has 3 nitrogen and oxygen atoms in total. The van der Waals surface area contributed by atoms with Crippen LogP contribution in [0.1, 0.15) is 5.82 Å². The van der Waals surface area contributed by atoms with Crippen molar-refractivity contribution in [2.75, 3.05) is 0 Å². The standard InChI is InChI=1S/C10H7Cl2N3/c1-15-9-5-7(12)6(11)4-8(9)14-10(15)2-3-13/h4-5H,2H2,1H3. The Morgan fingerprint density at radius 3 is 2.73 bits per heavy atom. The highest BCUT2D eigenvalue weighted by Crippen LogP contribution is 2.27.